The number of carbonyl (C=O) groups excluding carboxylic acids is 1. The quantitative estimate of drug-likeness (QED) is 0.644. The number of rotatable bonds is 5. The zero-order valence-corrected chi connectivity index (χ0v) is 16.6. The van der Waals surface area contributed by atoms with Gasteiger partial charge >= 0.3 is 17.8 Å². The third-order valence-electron chi connectivity index (χ3n) is 6.54. The summed E-state index contributed by atoms with van der Waals surface area (Å²) in [5.74, 6) is -2.98. The molecule has 1 amide bonds. The fraction of sp³-hybridized carbons (Fsp3) is 0.650. The number of anilines is 1. The number of hydrogen-bond donors (Lipinski definition) is 3. The molecule has 8 heteroatoms. The second kappa shape index (κ2) is 7.83. The summed E-state index contributed by atoms with van der Waals surface area (Å²) in [5.41, 5.74) is 0.942. The molecule has 0 aromatic carbocycles. The van der Waals surface area contributed by atoms with Gasteiger partial charge in [0.15, 0.2) is 0 Å². The highest BCUT2D eigenvalue weighted by molar-refractivity contribution is 7.17. The molecule has 2 fully saturated rings. The van der Waals surface area contributed by atoms with E-state index < -0.39 is 17.8 Å². The highest BCUT2D eigenvalue weighted by Gasteiger charge is 2.41. The Balaban J connectivity index is 1.69. The molecule has 1 aromatic heterocycles. The van der Waals surface area contributed by atoms with Gasteiger partial charge in [-0.25, -0.2) is 9.59 Å². The lowest BCUT2D eigenvalue weighted by Gasteiger charge is -2.43. The van der Waals surface area contributed by atoms with Crippen molar-refractivity contribution < 1.29 is 24.6 Å². The molecule has 1 aliphatic carbocycles. The van der Waals surface area contributed by atoms with Crippen molar-refractivity contribution in [3.63, 3.8) is 0 Å². The summed E-state index contributed by atoms with van der Waals surface area (Å²) in [6.07, 6.45) is 9.29. The van der Waals surface area contributed by atoms with Gasteiger partial charge in [-0.05, 0) is 49.6 Å². The number of carbonyl (C=O) groups is 3. The number of aromatic carboxylic acids is 1. The van der Waals surface area contributed by atoms with Crippen molar-refractivity contribution in [3.8, 4) is 0 Å². The molecule has 1 saturated heterocycles. The molecule has 3 aliphatic rings. The maximum absolute atomic E-state index is 12.0. The molecule has 3 heterocycles. The summed E-state index contributed by atoms with van der Waals surface area (Å²) < 4.78 is 0. The largest absolute Gasteiger partial charge is 0.478 e. The number of thiophene rings is 1. The van der Waals surface area contributed by atoms with Crippen LogP contribution < -0.4 is 5.32 Å². The minimum Gasteiger partial charge on any atom is -0.478 e. The van der Waals surface area contributed by atoms with Gasteiger partial charge in [-0.1, -0.05) is 25.7 Å². The van der Waals surface area contributed by atoms with Crippen LogP contribution in [0.15, 0.2) is 0 Å². The van der Waals surface area contributed by atoms with Crippen LogP contribution in [0.25, 0.3) is 0 Å². The number of hydrogen-bond acceptors (Lipinski definition) is 5. The first-order valence-electron chi connectivity index (χ1n) is 10.1. The third kappa shape index (κ3) is 3.55. The first-order chi connectivity index (χ1) is 13.5. The fourth-order valence-corrected chi connectivity index (χ4v) is 6.71. The molecule has 152 valence electrons. The molecule has 1 saturated carbocycles. The van der Waals surface area contributed by atoms with Gasteiger partial charge in [-0.15, -0.1) is 11.3 Å². The number of piperidine rings is 1. The minimum atomic E-state index is -1.61. The first-order valence-corrected chi connectivity index (χ1v) is 11.0. The maximum Gasteiger partial charge on any atom is 0.394 e. The lowest BCUT2D eigenvalue weighted by molar-refractivity contribution is -0.147. The monoisotopic (exact) mass is 406 g/mol. The summed E-state index contributed by atoms with van der Waals surface area (Å²) >= 11 is 1.27. The third-order valence-corrected chi connectivity index (χ3v) is 7.76. The highest BCUT2D eigenvalue weighted by Crippen LogP contribution is 2.51. The molecule has 3 atom stereocenters. The van der Waals surface area contributed by atoms with Crippen LogP contribution in [-0.4, -0.2) is 46.0 Å². The predicted octanol–water partition coefficient (Wildman–Crippen LogP) is 3.67. The first kappa shape index (κ1) is 19.4. The molecule has 4 rings (SSSR count). The van der Waals surface area contributed by atoms with Gasteiger partial charge in [0, 0.05) is 17.5 Å². The second-order valence-electron chi connectivity index (χ2n) is 8.23. The van der Waals surface area contributed by atoms with Crippen molar-refractivity contribution in [2.24, 2.45) is 5.92 Å². The van der Waals surface area contributed by atoms with Gasteiger partial charge in [0.2, 0.25) is 0 Å². The van der Waals surface area contributed by atoms with E-state index >= 15 is 0 Å². The van der Waals surface area contributed by atoms with Crippen LogP contribution in [0.5, 0.6) is 0 Å². The fourth-order valence-electron chi connectivity index (χ4n) is 5.27. The van der Waals surface area contributed by atoms with Crippen LogP contribution >= 0.6 is 11.3 Å². The summed E-state index contributed by atoms with van der Waals surface area (Å²) in [4.78, 5) is 38.2. The lowest BCUT2D eigenvalue weighted by atomic mass is 9.80. The van der Waals surface area contributed by atoms with E-state index in [1.807, 2.05) is 0 Å². The average Bonchev–Trinajstić information content (AvgIpc) is 3.29. The molecule has 2 bridgehead atoms. The molecule has 3 N–H and O–H groups in total. The van der Waals surface area contributed by atoms with Crippen LogP contribution in [0, 0.1) is 5.92 Å². The number of carboxylic acids is 2. The number of nitrogens with one attached hydrogen (secondary N) is 1. The van der Waals surface area contributed by atoms with Gasteiger partial charge in [-0.3, -0.25) is 9.69 Å². The Bertz CT molecular complexity index is 799. The standard InChI is InChI=1S/C20H26N2O5S/c23-17(20(26)27)21-18-15(19(24)25)14-12-6-3-9-22(10-12)13(16(14)28-18)8-7-11-4-1-2-5-11/h11-13H,1-10H2,(H,21,23)(H,24,25)(H,26,27). The molecular formula is C20H26N2O5S. The Labute approximate surface area is 167 Å². The number of carboxylic acid groups (broad SMARTS) is 2. The van der Waals surface area contributed by atoms with Crippen LogP contribution in [0.3, 0.4) is 0 Å². The second-order valence-corrected chi connectivity index (χ2v) is 9.28. The van der Waals surface area contributed by atoms with E-state index in [4.69, 9.17) is 5.11 Å². The zero-order valence-electron chi connectivity index (χ0n) is 15.8. The summed E-state index contributed by atoms with van der Waals surface area (Å²) in [7, 11) is 0. The van der Waals surface area contributed by atoms with Crippen LogP contribution in [0.4, 0.5) is 5.00 Å². The van der Waals surface area contributed by atoms with E-state index in [2.05, 4.69) is 10.2 Å². The van der Waals surface area contributed by atoms with E-state index in [9.17, 15) is 19.5 Å². The van der Waals surface area contributed by atoms with E-state index in [1.54, 1.807) is 0 Å². The molecule has 2 aliphatic heterocycles. The van der Waals surface area contributed by atoms with Gasteiger partial charge in [0.05, 0.1) is 5.56 Å². The lowest BCUT2D eigenvalue weighted by Crippen LogP contribution is -2.41. The summed E-state index contributed by atoms with van der Waals surface area (Å²) in [6.45, 7) is 1.87. The van der Waals surface area contributed by atoms with Gasteiger partial charge in [0.25, 0.3) is 0 Å². The summed E-state index contributed by atoms with van der Waals surface area (Å²) in [5, 5.41) is 21.3. The van der Waals surface area contributed by atoms with Crippen molar-refractivity contribution in [1.82, 2.24) is 4.90 Å². The molecule has 0 radical (unpaired) electrons. The van der Waals surface area contributed by atoms with E-state index in [0.717, 1.165) is 55.1 Å². The smallest absolute Gasteiger partial charge is 0.394 e. The molecule has 3 unspecified atom stereocenters. The molecule has 0 spiro atoms. The van der Waals surface area contributed by atoms with Gasteiger partial charge in [-0.2, -0.15) is 0 Å². The SMILES string of the molecule is O=C(O)C(=O)Nc1sc2c(c1C(=O)O)C1CCCN(C1)C2CCC1CCCC1. The maximum atomic E-state index is 12.0. The minimum absolute atomic E-state index is 0.104. The number of nitrogens with zero attached hydrogens (tertiary/aromatic N) is 1. The van der Waals surface area contributed by atoms with Crippen molar-refractivity contribution in [2.75, 3.05) is 18.4 Å². The van der Waals surface area contributed by atoms with Crippen LogP contribution in [0.1, 0.15) is 84.1 Å². The molecule has 7 nitrogen and oxygen atoms in total. The van der Waals surface area contributed by atoms with Crippen LogP contribution in [0.2, 0.25) is 0 Å². The predicted molar refractivity (Wildman–Crippen MR) is 105 cm³/mol. The van der Waals surface area contributed by atoms with Crippen molar-refractivity contribution >= 4 is 34.2 Å². The number of amides is 1. The Morgan fingerprint density at radius 1 is 1.07 bits per heavy atom. The van der Waals surface area contributed by atoms with E-state index in [0.29, 0.717) is 0 Å². The Morgan fingerprint density at radius 3 is 2.50 bits per heavy atom. The van der Waals surface area contributed by atoms with Crippen LogP contribution in [-0.2, 0) is 9.59 Å². The molecule has 28 heavy (non-hydrogen) atoms. The average molecular weight is 407 g/mol. The topological polar surface area (TPSA) is 107 Å². The number of fused-ring (bicyclic) bond motifs is 4. The number of aliphatic carboxylic acids is 1. The van der Waals surface area contributed by atoms with E-state index in [1.165, 1.54) is 37.0 Å². The normalized spacial score (nSPS) is 26.6. The van der Waals surface area contributed by atoms with E-state index in [-0.39, 0.29) is 22.5 Å². The zero-order chi connectivity index (χ0) is 19.8. The summed E-state index contributed by atoms with van der Waals surface area (Å²) in [6, 6.07) is 0.172. The van der Waals surface area contributed by atoms with Crippen molar-refractivity contribution in [2.45, 2.75) is 63.3 Å². The molecule has 1 aromatic rings. The van der Waals surface area contributed by atoms with Crippen molar-refractivity contribution in [1.29, 1.82) is 0 Å². The Morgan fingerprint density at radius 2 is 1.82 bits per heavy atom. The molecular weight excluding hydrogens is 380 g/mol. The van der Waals surface area contributed by atoms with Crippen molar-refractivity contribution in [3.05, 3.63) is 16.0 Å². The van der Waals surface area contributed by atoms with Gasteiger partial charge < -0.3 is 15.5 Å². The van der Waals surface area contributed by atoms with Gasteiger partial charge in [0.1, 0.15) is 5.00 Å². The Hall–Kier alpha value is -1.93. The Kier molecular flexibility index (Phi) is 5.42. The highest BCUT2D eigenvalue weighted by atomic mass is 32.1.